The summed E-state index contributed by atoms with van der Waals surface area (Å²) in [6.07, 6.45) is 32.1. The van der Waals surface area contributed by atoms with Gasteiger partial charge in [-0.1, -0.05) is 138 Å². The standard InChI is InChI=1S/C55H92O15/c1-3-5-7-9-11-13-15-17-19-20-21-22-24-25-27-29-31-33-35-37-46(57)65-40-43(68-47(58)38-36-34-32-30-28-26-23-18-16-14-12-10-8-6-4-2)41-66-54-53(64)51(62)49(60)45(70-54)42-67-55-52(63)50(61)48(59)44(39-56)69-55/h11,13,17-19,21-23,25,27-28,30,43-45,48-56,59-64H,3-10,12,14-16,20,24,26,29,31-42H2,1-2H3/b13-11+,19-17+,22-21+,23-18+,27-25+,30-28+/t43-,44+,45+,48-,49-,50?,51?,52?,53?,54+,55+/m0/s1. The highest BCUT2D eigenvalue weighted by atomic mass is 16.7. The zero-order valence-electron chi connectivity index (χ0n) is 42.5. The molecular formula is C55H92O15. The lowest BCUT2D eigenvalue weighted by atomic mass is 9.98. The van der Waals surface area contributed by atoms with Gasteiger partial charge < -0.3 is 64.2 Å². The van der Waals surface area contributed by atoms with E-state index in [1.807, 2.05) is 0 Å². The second-order valence-corrected chi connectivity index (χ2v) is 18.3. The van der Waals surface area contributed by atoms with Crippen LogP contribution >= 0.6 is 0 Å². The second-order valence-electron chi connectivity index (χ2n) is 18.3. The molecule has 15 nitrogen and oxygen atoms in total. The zero-order valence-corrected chi connectivity index (χ0v) is 42.5. The van der Waals surface area contributed by atoms with Crippen molar-refractivity contribution in [3.05, 3.63) is 72.9 Å². The van der Waals surface area contributed by atoms with E-state index in [1.54, 1.807) is 0 Å². The molecule has 0 amide bonds. The van der Waals surface area contributed by atoms with Crippen molar-refractivity contribution in [1.29, 1.82) is 0 Å². The van der Waals surface area contributed by atoms with Crippen LogP contribution in [0.25, 0.3) is 0 Å². The Morgan fingerprint density at radius 1 is 0.457 bits per heavy atom. The Labute approximate surface area is 419 Å². The Kier molecular flexibility index (Phi) is 37.3. The van der Waals surface area contributed by atoms with Crippen LogP contribution in [0.2, 0.25) is 0 Å². The number of aliphatic hydroxyl groups is 7. The van der Waals surface area contributed by atoms with Gasteiger partial charge in [-0.25, -0.2) is 0 Å². The van der Waals surface area contributed by atoms with Crippen LogP contribution in [0, 0.1) is 0 Å². The van der Waals surface area contributed by atoms with Gasteiger partial charge in [0.25, 0.3) is 0 Å². The van der Waals surface area contributed by atoms with Gasteiger partial charge in [0.15, 0.2) is 18.7 Å². The molecule has 11 atom stereocenters. The van der Waals surface area contributed by atoms with E-state index in [0.29, 0.717) is 12.8 Å². The molecule has 0 bridgehead atoms. The van der Waals surface area contributed by atoms with E-state index in [4.69, 9.17) is 28.4 Å². The Bertz CT molecular complexity index is 1490. The summed E-state index contributed by atoms with van der Waals surface area (Å²) in [6.45, 7) is 2.47. The van der Waals surface area contributed by atoms with Crippen LogP contribution in [0.1, 0.15) is 168 Å². The van der Waals surface area contributed by atoms with Crippen molar-refractivity contribution in [1.82, 2.24) is 0 Å². The van der Waals surface area contributed by atoms with Crippen molar-refractivity contribution in [2.75, 3.05) is 26.4 Å². The summed E-state index contributed by atoms with van der Waals surface area (Å²) in [7, 11) is 0. The lowest BCUT2D eigenvalue weighted by Crippen LogP contribution is -2.61. The number of hydrogen-bond donors (Lipinski definition) is 7. The average Bonchev–Trinajstić information content (AvgIpc) is 3.35. The van der Waals surface area contributed by atoms with Gasteiger partial charge >= 0.3 is 11.9 Å². The van der Waals surface area contributed by atoms with E-state index in [9.17, 15) is 45.3 Å². The number of unbranched alkanes of at least 4 members (excludes halogenated alkanes) is 14. The fraction of sp³-hybridized carbons (Fsp3) is 0.745. The predicted molar refractivity (Wildman–Crippen MR) is 270 cm³/mol. The van der Waals surface area contributed by atoms with Crippen molar-refractivity contribution in [3.8, 4) is 0 Å². The van der Waals surface area contributed by atoms with Gasteiger partial charge in [-0.3, -0.25) is 9.59 Å². The number of hydrogen-bond acceptors (Lipinski definition) is 15. The largest absolute Gasteiger partial charge is 0.462 e. The number of carbonyl (C=O) groups excluding carboxylic acids is 2. The summed E-state index contributed by atoms with van der Waals surface area (Å²) in [5, 5.41) is 72.1. The minimum Gasteiger partial charge on any atom is -0.462 e. The van der Waals surface area contributed by atoms with E-state index in [2.05, 4.69) is 86.8 Å². The molecule has 0 spiro atoms. The molecule has 0 radical (unpaired) electrons. The van der Waals surface area contributed by atoms with Crippen LogP contribution in [-0.4, -0.2) is 142 Å². The lowest BCUT2D eigenvalue weighted by molar-refractivity contribution is -0.332. The van der Waals surface area contributed by atoms with E-state index in [0.717, 1.165) is 70.6 Å². The lowest BCUT2D eigenvalue weighted by Gasteiger charge is -2.42. The van der Waals surface area contributed by atoms with E-state index >= 15 is 0 Å². The van der Waals surface area contributed by atoms with Crippen LogP contribution in [0.5, 0.6) is 0 Å². The van der Waals surface area contributed by atoms with Gasteiger partial charge in [-0.05, 0) is 89.9 Å². The number of rotatable bonds is 40. The van der Waals surface area contributed by atoms with Gasteiger partial charge in [-0.15, -0.1) is 0 Å². The van der Waals surface area contributed by atoms with Gasteiger partial charge in [0.05, 0.1) is 19.8 Å². The van der Waals surface area contributed by atoms with Crippen LogP contribution in [-0.2, 0) is 38.0 Å². The molecule has 0 aromatic carbocycles. The molecule has 2 rings (SSSR count). The van der Waals surface area contributed by atoms with Gasteiger partial charge in [0.1, 0.15) is 55.4 Å². The normalized spacial score (nSPS) is 26.0. The minimum absolute atomic E-state index is 0.112. The Balaban J connectivity index is 1.83. The SMILES string of the molecule is CCCCC/C=C/C/C=C/C/C=C/C/C=C/CCCCCC(=O)OC[C@@H](CO[C@@H]1O[C@H](CO[C@@H]2O[C@H](CO)[C@H](O)C(O)C2O)[C@H](O)C(O)C1O)OC(=O)CCCC/C=C/C/C=C/CCCCCCCC. The monoisotopic (exact) mass is 993 g/mol. The van der Waals surface area contributed by atoms with Gasteiger partial charge in [0, 0.05) is 12.8 Å². The first-order valence-corrected chi connectivity index (χ1v) is 26.5. The van der Waals surface area contributed by atoms with E-state index in [-0.39, 0.29) is 19.4 Å². The molecule has 2 fully saturated rings. The van der Waals surface area contributed by atoms with Crippen molar-refractivity contribution in [2.24, 2.45) is 0 Å². The number of carbonyl (C=O) groups is 2. The Hall–Kier alpha value is -3.06. The maximum atomic E-state index is 13.0. The molecule has 7 N–H and O–H groups in total. The first-order valence-electron chi connectivity index (χ1n) is 26.5. The maximum Gasteiger partial charge on any atom is 0.306 e. The third-order valence-corrected chi connectivity index (χ3v) is 12.2. The zero-order chi connectivity index (χ0) is 51.0. The van der Waals surface area contributed by atoms with E-state index in [1.165, 1.54) is 57.8 Å². The smallest absolute Gasteiger partial charge is 0.306 e. The number of ether oxygens (including phenoxy) is 6. The molecule has 402 valence electrons. The first kappa shape index (κ1) is 63.1. The van der Waals surface area contributed by atoms with Crippen LogP contribution in [0.4, 0.5) is 0 Å². The highest BCUT2D eigenvalue weighted by Gasteiger charge is 2.47. The quantitative estimate of drug-likeness (QED) is 0.0176. The molecule has 2 heterocycles. The highest BCUT2D eigenvalue weighted by Crippen LogP contribution is 2.26. The maximum absolute atomic E-state index is 13.0. The van der Waals surface area contributed by atoms with Crippen molar-refractivity contribution < 1.29 is 73.8 Å². The molecule has 0 aliphatic carbocycles. The fourth-order valence-electron chi connectivity index (χ4n) is 7.76. The van der Waals surface area contributed by atoms with E-state index < -0.39 is 99.3 Å². The summed E-state index contributed by atoms with van der Waals surface area (Å²) < 4.78 is 33.5. The fourth-order valence-corrected chi connectivity index (χ4v) is 7.76. The molecular weight excluding hydrogens is 901 g/mol. The average molecular weight is 993 g/mol. The molecule has 70 heavy (non-hydrogen) atoms. The van der Waals surface area contributed by atoms with Crippen molar-refractivity contribution in [2.45, 2.75) is 235 Å². The minimum atomic E-state index is -1.78. The van der Waals surface area contributed by atoms with Crippen LogP contribution in [0.3, 0.4) is 0 Å². The summed E-state index contributed by atoms with van der Waals surface area (Å²) in [5.41, 5.74) is 0. The predicted octanol–water partition coefficient (Wildman–Crippen LogP) is 7.82. The number of esters is 2. The van der Waals surface area contributed by atoms with Crippen molar-refractivity contribution in [3.63, 3.8) is 0 Å². The molecule has 4 unspecified atom stereocenters. The summed E-state index contributed by atoms with van der Waals surface area (Å²) in [6, 6.07) is 0. The number of allylic oxidation sites excluding steroid dienone is 12. The molecule has 0 aromatic rings. The van der Waals surface area contributed by atoms with Gasteiger partial charge in [-0.2, -0.15) is 0 Å². The third kappa shape index (κ3) is 28.8. The molecule has 2 aliphatic heterocycles. The van der Waals surface area contributed by atoms with Crippen molar-refractivity contribution >= 4 is 11.9 Å². The molecule has 15 heteroatoms. The highest BCUT2D eigenvalue weighted by molar-refractivity contribution is 5.70. The first-order chi connectivity index (χ1) is 34.0. The molecule has 2 aliphatic rings. The second kappa shape index (κ2) is 41.4. The number of aliphatic hydroxyl groups excluding tert-OH is 7. The molecule has 0 saturated carbocycles. The third-order valence-electron chi connectivity index (χ3n) is 12.2. The van der Waals surface area contributed by atoms with Crippen LogP contribution in [0.15, 0.2) is 72.9 Å². The molecule has 2 saturated heterocycles. The molecule has 0 aromatic heterocycles. The summed E-state index contributed by atoms with van der Waals surface area (Å²) in [5.74, 6) is -1.00. The summed E-state index contributed by atoms with van der Waals surface area (Å²) in [4.78, 5) is 25.8. The Morgan fingerprint density at radius 3 is 1.40 bits per heavy atom. The summed E-state index contributed by atoms with van der Waals surface area (Å²) >= 11 is 0. The van der Waals surface area contributed by atoms with Gasteiger partial charge in [0.2, 0.25) is 0 Å². The van der Waals surface area contributed by atoms with Crippen LogP contribution < -0.4 is 0 Å². The topological polar surface area (TPSA) is 231 Å². The Morgan fingerprint density at radius 2 is 0.857 bits per heavy atom.